The summed E-state index contributed by atoms with van der Waals surface area (Å²) >= 11 is 1.72. The van der Waals surface area contributed by atoms with Crippen LogP contribution < -0.4 is 0 Å². The summed E-state index contributed by atoms with van der Waals surface area (Å²) in [7, 11) is 0. The average Bonchev–Trinajstić information content (AvgIpc) is 1.73. The Kier molecular flexibility index (Phi) is 5.04. The molecule has 0 N–H and O–H groups in total. The first kappa shape index (κ1) is 14.7. The highest BCUT2D eigenvalue weighted by Crippen LogP contribution is 2.40. The monoisotopic (exact) mass is 230 g/mol. The highest BCUT2D eigenvalue weighted by molar-refractivity contribution is 8.01. The van der Waals surface area contributed by atoms with E-state index in [0.29, 0.717) is 12.8 Å². The number of hydrogen-bond donors (Lipinski definition) is 0. The van der Waals surface area contributed by atoms with Crippen molar-refractivity contribution in [3.63, 3.8) is 0 Å². The summed E-state index contributed by atoms with van der Waals surface area (Å²) in [5.41, 5.74) is 0. The molecule has 3 heteroatoms. The number of ketones is 2. The molecule has 0 aliphatic heterocycles. The summed E-state index contributed by atoms with van der Waals surface area (Å²) in [6.45, 7) is 11.4. The van der Waals surface area contributed by atoms with E-state index in [9.17, 15) is 9.59 Å². The van der Waals surface area contributed by atoms with Crippen molar-refractivity contribution in [1.82, 2.24) is 0 Å². The van der Waals surface area contributed by atoms with Gasteiger partial charge in [-0.25, -0.2) is 0 Å². The lowest BCUT2D eigenvalue weighted by Gasteiger charge is -2.33. The molecule has 88 valence electrons. The van der Waals surface area contributed by atoms with Crippen molar-refractivity contribution in [1.29, 1.82) is 0 Å². The van der Waals surface area contributed by atoms with E-state index >= 15 is 0 Å². The van der Waals surface area contributed by atoms with Crippen LogP contribution in [0.4, 0.5) is 0 Å². The Morgan fingerprint density at radius 1 is 0.867 bits per heavy atom. The predicted octanol–water partition coefficient (Wildman–Crippen LogP) is 3.24. The molecule has 0 rings (SSSR count). The molecular formula is C12H22O2S. The largest absolute Gasteiger partial charge is 0.300 e. The minimum Gasteiger partial charge on any atom is -0.300 e. The van der Waals surface area contributed by atoms with Gasteiger partial charge in [0.05, 0.1) is 0 Å². The number of hydrogen-bond acceptors (Lipinski definition) is 3. The molecule has 0 aromatic heterocycles. The highest BCUT2D eigenvalue weighted by atomic mass is 32.2. The molecule has 0 aromatic carbocycles. The molecule has 0 saturated carbocycles. The Balaban J connectivity index is 4.42. The third-order valence-corrected chi connectivity index (χ3v) is 3.30. The Bertz CT molecular complexity index is 228. The molecule has 0 aromatic rings. The zero-order valence-corrected chi connectivity index (χ0v) is 11.5. The lowest BCUT2D eigenvalue weighted by Crippen LogP contribution is -2.29. The Hall–Kier alpha value is -0.310. The van der Waals surface area contributed by atoms with Crippen LogP contribution in [0.3, 0.4) is 0 Å². The lowest BCUT2D eigenvalue weighted by atomic mass is 10.1. The summed E-state index contributed by atoms with van der Waals surface area (Å²) in [5.74, 6) is 0.400. The van der Waals surface area contributed by atoms with Gasteiger partial charge in [-0.2, -0.15) is 0 Å². The number of rotatable bonds is 6. The molecule has 0 atom stereocenters. The zero-order valence-electron chi connectivity index (χ0n) is 10.6. The van der Waals surface area contributed by atoms with Crippen LogP contribution in [0.1, 0.15) is 54.4 Å². The second-order valence-corrected chi connectivity index (χ2v) is 7.79. The van der Waals surface area contributed by atoms with Gasteiger partial charge in [-0.05, 0) is 13.8 Å². The summed E-state index contributed by atoms with van der Waals surface area (Å²) in [6, 6.07) is 0. The van der Waals surface area contributed by atoms with E-state index in [-0.39, 0.29) is 21.1 Å². The number of thioether (sulfide) groups is 1. The molecule has 2 nitrogen and oxygen atoms in total. The molecule has 0 saturated heterocycles. The van der Waals surface area contributed by atoms with Crippen LogP contribution in [0.2, 0.25) is 0 Å². The average molecular weight is 230 g/mol. The third kappa shape index (κ3) is 7.60. The molecule has 0 bridgehead atoms. The van der Waals surface area contributed by atoms with Gasteiger partial charge in [0.1, 0.15) is 11.6 Å². The van der Waals surface area contributed by atoms with E-state index in [2.05, 4.69) is 27.7 Å². The van der Waals surface area contributed by atoms with Gasteiger partial charge >= 0.3 is 0 Å². The van der Waals surface area contributed by atoms with Gasteiger partial charge < -0.3 is 0 Å². The van der Waals surface area contributed by atoms with Crippen molar-refractivity contribution in [2.45, 2.75) is 63.9 Å². The van der Waals surface area contributed by atoms with Crippen LogP contribution in [-0.4, -0.2) is 21.1 Å². The fraction of sp³-hybridized carbons (Fsp3) is 0.833. The molecule has 0 amide bonds. The van der Waals surface area contributed by atoms with E-state index in [4.69, 9.17) is 0 Å². The van der Waals surface area contributed by atoms with Crippen LogP contribution >= 0.6 is 11.8 Å². The van der Waals surface area contributed by atoms with Crippen molar-refractivity contribution in [3.8, 4) is 0 Å². The minimum atomic E-state index is -0.0925. The van der Waals surface area contributed by atoms with Crippen molar-refractivity contribution in [2.75, 3.05) is 0 Å². The number of Topliss-reactive ketones (excluding diaryl/α,β-unsaturated/α-hetero) is 2. The first-order chi connectivity index (χ1) is 6.54. The second kappa shape index (κ2) is 5.15. The van der Waals surface area contributed by atoms with E-state index in [1.807, 2.05) is 0 Å². The minimum absolute atomic E-state index is 0.0925. The van der Waals surface area contributed by atoms with Gasteiger partial charge in [0.2, 0.25) is 0 Å². The van der Waals surface area contributed by atoms with Gasteiger partial charge in [0.15, 0.2) is 0 Å². The van der Waals surface area contributed by atoms with Gasteiger partial charge in [0, 0.05) is 22.3 Å². The van der Waals surface area contributed by atoms with E-state index in [0.717, 1.165) is 0 Å². The summed E-state index contributed by atoms with van der Waals surface area (Å²) in [5, 5.41) is 0. The molecule has 0 aliphatic rings. The quantitative estimate of drug-likeness (QED) is 0.702. The van der Waals surface area contributed by atoms with Crippen LogP contribution in [0, 0.1) is 0 Å². The first-order valence-corrected chi connectivity index (χ1v) is 6.05. The standard InChI is InChI=1S/C12H22O2S/c1-9(13)7-11(3,4)15-12(5,6)8-10(2)14/h7-8H2,1-6H3. The lowest BCUT2D eigenvalue weighted by molar-refractivity contribution is -0.118. The van der Waals surface area contributed by atoms with Crippen LogP contribution in [0.15, 0.2) is 0 Å². The molecule has 0 radical (unpaired) electrons. The Labute approximate surface area is 97.2 Å². The summed E-state index contributed by atoms with van der Waals surface area (Å²) in [6.07, 6.45) is 1.11. The third-order valence-electron chi connectivity index (χ3n) is 1.90. The fourth-order valence-electron chi connectivity index (χ4n) is 2.02. The number of carbonyl (C=O) groups excluding carboxylic acids is 2. The van der Waals surface area contributed by atoms with E-state index < -0.39 is 0 Å². The maximum atomic E-state index is 11.1. The molecule has 0 aliphatic carbocycles. The zero-order chi connectivity index (χ0) is 12.3. The van der Waals surface area contributed by atoms with E-state index in [1.54, 1.807) is 25.6 Å². The topological polar surface area (TPSA) is 34.1 Å². The molecule has 0 heterocycles. The van der Waals surface area contributed by atoms with Crippen LogP contribution in [0.25, 0.3) is 0 Å². The highest BCUT2D eigenvalue weighted by Gasteiger charge is 2.31. The van der Waals surface area contributed by atoms with Crippen molar-refractivity contribution in [3.05, 3.63) is 0 Å². The SMILES string of the molecule is CC(=O)CC(C)(C)SC(C)(C)CC(C)=O. The number of carbonyl (C=O) groups is 2. The van der Waals surface area contributed by atoms with Gasteiger partial charge in [0.25, 0.3) is 0 Å². The summed E-state index contributed by atoms with van der Waals surface area (Å²) < 4.78 is -0.185. The second-order valence-electron chi connectivity index (χ2n) is 5.38. The molecule has 0 spiro atoms. The van der Waals surface area contributed by atoms with Gasteiger partial charge in [-0.1, -0.05) is 27.7 Å². The molecule has 15 heavy (non-hydrogen) atoms. The fourth-order valence-corrected chi connectivity index (χ4v) is 4.07. The Morgan fingerprint density at radius 3 is 1.33 bits per heavy atom. The first-order valence-electron chi connectivity index (χ1n) is 5.23. The summed E-state index contributed by atoms with van der Waals surface area (Å²) in [4.78, 5) is 22.2. The van der Waals surface area contributed by atoms with Crippen LogP contribution in [-0.2, 0) is 9.59 Å². The molecule has 0 unspecified atom stereocenters. The maximum absolute atomic E-state index is 11.1. The predicted molar refractivity (Wildman–Crippen MR) is 66.3 cm³/mol. The smallest absolute Gasteiger partial charge is 0.131 e. The maximum Gasteiger partial charge on any atom is 0.131 e. The van der Waals surface area contributed by atoms with Crippen molar-refractivity contribution in [2.24, 2.45) is 0 Å². The van der Waals surface area contributed by atoms with Gasteiger partial charge in [-0.15, -0.1) is 11.8 Å². The van der Waals surface area contributed by atoms with Crippen LogP contribution in [0.5, 0.6) is 0 Å². The van der Waals surface area contributed by atoms with Gasteiger partial charge in [-0.3, -0.25) is 9.59 Å². The Morgan fingerprint density at radius 2 is 1.13 bits per heavy atom. The normalized spacial score (nSPS) is 12.7. The molecule has 0 fully saturated rings. The van der Waals surface area contributed by atoms with Crippen molar-refractivity contribution < 1.29 is 9.59 Å². The molecular weight excluding hydrogens is 208 g/mol. The van der Waals surface area contributed by atoms with E-state index in [1.165, 1.54) is 0 Å². The van der Waals surface area contributed by atoms with Crippen molar-refractivity contribution >= 4 is 23.3 Å².